The number of benzene rings is 1. The Kier molecular flexibility index (Phi) is 7.95. The van der Waals surface area contributed by atoms with Crippen LogP contribution in [0.5, 0.6) is 0 Å². The fourth-order valence-electron chi connectivity index (χ4n) is 3.22. The van der Waals surface area contributed by atoms with Crippen molar-refractivity contribution in [2.75, 3.05) is 11.9 Å². The molecule has 0 aliphatic heterocycles. The first-order valence-electron chi connectivity index (χ1n) is 9.90. The minimum atomic E-state index is -0.388. The van der Waals surface area contributed by atoms with Crippen molar-refractivity contribution in [2.45, 2.75) is 71.1 Å². The van der Waals surface area contributed by atoms with Gasteiger partial charge in [-0.15, -0.1) is 0 Å². The summed E-state index contributed by atoms with van der Waals surface area (Å²) in [6.07, 6.45) is 11.8. The van der Waals surface area contributed by atoms with E-state index >= 15 is 0 Å². The van der Waals surface area contributed by atoms with Crippen molar-refractivity contribution in [3.63, 3.8) is 0 Å². The Labute approximate surface area is 156 Å². The maximum atomic E-state index is 12.4. The predicted molar refractivity (Wildman–Crippen MR) is 107 cm³/mol. The summed E-state index contributed by atoms with van der Waals surface area (Å²) in [7, 11) is 3.46. The van der Waals surface area contributed by atoms with Crippen molar-refractivity contribution in [2.24, 2.45) is 7.05 Å². The molecule has 0 fully saturated rings. The van der Waals surface area contributed by atoms with Crippen LogP contribution in [0, 0.1) is 0 Å². The summed E-state index contributed by atoms with van der Waals surface area (Å²) in [5, 5.41) is 0. The van der Waals surface area contributed by atoms with E-state index in [4.69, 9.17) is 4.42 Å². The van der Waals surface area contributed by atoms with E-state index in [1.54, 1.807) is 25.1 Å². The maximum Gasteiger partial charge on any atom is 0.419 e. The molecule has 1 amide bonds. The lowest BCUT2D eigenvalue weighted by Crippen LogP contribution is -2.25. The summed E-state index contributed by atoms with van der Waals surface area (Å²) in [4.78, 5) is 25.6. The second kappa shape index (κ2) is 10.2. The molecule has 0 aliphatic carbocycles. The molecule has 5 heteroatoms. The van der Waals surface area contributed by atoms with Gasteiger partial charge < -0.3 is 9.32 Å². The third kappa shape index (κ3) is 5.48. The molecule has 2 rings (SSSR count). The van der Waals surface area contributed by atoms with E-state index in [0.717, 1.165) is 18.5 Å². The number of hydrogen-bond donors (Lipinski definition) is 0. The molecule has 1 heterocycles. The van der Waals surface area contributed by atoms with Crippen molar-refractivity contribution in [3.05, 3.63) is 28.7 Å². The van der Waals surface area contributed by atoms with Gasteiger partial charge in [-0.2, -0.15) is 0 Å². The molecule has 0 unspecified atom stereocenters. The molecule has 144 valence electrons. The number of hydrogen-bond acceptors (Lipinski definition) is 3. The van der Waals surface area contributed by atoms with E-state index in [9.17, 15) is 9.59 Å². The topological polar surface area (TPSA) is 55.5 Å². The lowest BCUT2D eigenvalue weighted by molar-refractivity contribution is -0.118. The number of unbranched alkanes of at least 4 members (excludes halogenated alkanes) is 8. The second-order valence-electron chi connectivity index (χ2n) is 7.11. The smallest absolute Gasteiger partial charge is 0.408 e. The zero-order valence-electron chi connectivity index (χ0n) is 16.4. The molecule has 0 atom stereocenters. The highest BCUT2D eigenvalue weighted by Gasteiger charge is 2.13. The average molecular weight is 360 g/mol. The first-order valence-corrected chi connectivity index (χ1v) is 9.90. The van der Waals surface area contributed by atoms with E-state index in [0.29, 0.717) is 17.5 Å². The van der Waals surface area contributed by atoms with Crippen LogP contribution in [-0.2, 0) is 11.8 Å². The van der Waals surface area contributed by atoms with Crippen molar-refractivity contribution in [1.82, 2.24) is 4.57 Å². The van der Waals surface area contributed by atoms with Crippen LogP contribution in [0.4, 0.5) is 5.69 Å². The van der Waals surface area contributed by atoms with Gasteiger partial charge in [0.05, 0.1) is 5.52 Å². The normalized spacial score (nSPS) is 11.2. The van der Waals surface area contributed by atoms with Crippen molar-refractivity contribution in [3.8, 4) is 0 Å². The van der Waals surface area contributed by atoms with Crippen LogP contribution in [0.3, 0.4) is 0 Å². The summed E-state index contributed by atoms with van der Waals surface area (Å²) in [6.45, 7) is 2.24. The van der Waals surface area contributed by atoms with Gasteiger partial charge in [0.1, 0.15) is 0 Å². The van der Waals surface area contributed by atoms with Gasteiger partial charge in [-0.25, -0.2) is 4.79 Å². The number of rotatable bonds is 11. The number of oxazole rings is 1. The maximum absolute atomic E-state index is 12.4. The van der Waals surface area contributed by atoms with Crippen LogP contribution in [0.1, 0.15) is 71.1 Å². The molecule has 1 aromatic carbocycles. The third-order valence-electron chi connectivity index (χ3n) is 5.03. The number of aryl methyl sites for hydroxylation is 1. The van der Waals surface area contributed by atoms with Gasteiger partial charge in [0.2, 0.25) is 5.91 Å². The molecule has 2 aromatic rings. The number of fused-ring (bicyclic) bond motifs is 1. The Hall–Kier alpha value is -2.04. The Morgan fingerprint density at radius 2 is 1.65 bits per heavy atom. The Morgan fingerprint density at radius 1 is 1.04 bits per heavy atom. The Balaban J connectivity index is 1.74. The summed E-state index contributed by atoms with van der Waals surface area (Å²) in [5.74, 6) is -0.276. The van der Waals surface area contributed by atoms with Gasteiger partial charge in [-0.1, -0.05) is 58.3 Å². The minimum absolute atomic E-state index is 0.112. The van der Waals surface area contributed by atoms with Gasteiger partial charge in [-0.05, 0) is 24.6 Å². The van der Waals surface area contributed by atoms with Gasteiger partial charge in [0.25, 0.3) is 0 Å². The van der Waals surface area contributed by atoms with E-state index < -0.39 is 0 Å². The molecule has 0 saturated heterocycles. The SMILES string of the molecule is CCCCCCCCCCCC(=O)N(C)c1ccc2oc(=O)n(C)c2c1. The zero-order chi connectivity index (χ0) is 18.9. The van der Waals surface area contributed by atoms with Crippen LogP contribution in [0.25, 0.3) is 11.1 Å². The van der Waals surface area contributed by atoms with Gasteiger partial charge >= 0.3 is 5.76 Å². The quantitative estimate of drug-likeness (QED) is 0.529. The van der Waals surface area contributed by atoms with E-state index in [1.165, 1.54) is 49.5 Å². The van der Waals surface area contributed by atoms with Crippen LogP contribution in [-0.4, -0.2) is 17.5 Å². The Bertz CT molecular complexity index is 760. The second-order valence-corrected chi connectivity index (χ2v) is 7.11. The zero-order valence-corrected chi connectivity index (χ0v) is 16.4. The highest BCUT2D eigenvalue weighted by atomic mass is 16.4. The number of amides is 1. The summed E-state index contributed by atoms with van der Waals surface area (Å²) >= 11 is 0. The van der Waals surface area contributed by atoms with Crippen LogP contribution in [0.2, 0.25) is 0 Å². The molecule has 1 aromatic heterocycles. The molecule has 26 heavy (non-hydrogen) atoms. The molecule has 0 radical (unpaired) electrons. The van der Waals surface area contributed by atoms with Gasteiger partial charge in [0.15, 0.2) is 5.58 Å². The van der Waals surface area contributed by atoms with Crippen LogP contribution >= 0.6 is 0 Å². The number of anilines is 1. The first-order chi connectivity index (χ1) is 12.5. The number of aromatic nitrogens is 1. The molecule has 0 aliphatic rings. The summed E-state index contributed by atoms with van der Waals surface area (Å²) in [6, 6.07) is 5.39. The monoisotopic (exact) mass is 360 g/mol. The molecule has 0 spiro atoms. The molecule has 0 N–H and O–H groups in total. The predicted octanol–water partition coefficient (Wildman–Crippen LogP) is 5.02. The molecular weight excluding hydrogens is 328 g/mol. The first kappa shape index (κ1) is 20.3. The molecule has 0 bridgehead atoms. The standard InChI is InChI=1S/C21H32N2O3/c1-4-5-6-7-8-9-10-11-12-13-20(24)22(2)17-14-15-19-18(16-17)23(3)21(25)26-19/h14-16H,4-13H2,1-3H3. The lowest BCUT2D eigenvalue weighted by atomic mass is 10.1. The van der Waals surface area contributed by atoms with Crippen molar-refractivity contribution >= 4 is 22.7 Å². The summed E-state index contributed by atoms with van der Waals surface area (Å²) in [5.41, 5.74) is 2.03. The van der Waals surface area contributed by atoms with Gasteiger partial charge in [-0.3, -0.25) is 9.36 Å². The summed E-state index contributed by atoms with van der Waals surface area (Å²) < 4.78 is 6.59. The lowest BCUT2D eigenvalue weighted by Gasteiger charge is -2.17. The Morgan fingerprint density at radius 3 is 2.31 bits per heavy atom. The molecule has 5 nitrogen and oxygen atoms in total. The van der Waals surface area contributed by atoms with E-state index in [2.05, 4.69) is 6.92 Å². The van der Waals surface area contributed by atoms with Crippen molar-refractivity contribution in [1.29, 1.82) is 0 Å². The largest absolute Gasteiger partial charge is 0.419 e. The van der Waals surface area contributed by atoms with E-state index in [-0.39, 0.29) is 11.7 Å². The number of carbonyl (C=O) groups is 1. The van der Waals surface area contributed by atoms with Gasteiger partial charge in [0, 0.05) is 26.2 Å². The van der Waals surface area contributed by atoms with Crippen LogP contribution in [0.15, 0.2) is 27.4 Å². The fourth-order valence-corrected chi connectivity index (χ4v) is 3.22. The fraction of sp³-hybridized carbons (Fsp3) is 0.619. The number of carbonyl (C=O) groups excluding carboxylic acids is 1. The minimum Gasteiger partial charge on any atom is -0.408 e. The third-order valence-corrected chi connectivity index (χ3v) is 5.03. The van der Waals surface area contributed by atoms with Crippen molar-refractivity contribution < 1.29 is 9.21 Å². The molecule has 0 saturated carbocycles. The number of nitrogens with zero attached hydrogens (tertiary/aromatic N) is 2. The average Bonchev–Trinajstić information content (AvgIpc) is 2.93. The highest BCUT2D eigenvalue weighted by molar-refractivity contribution is 5.94. The van der Waals surface area contributed by atoms with Crippen LogP contribution < -0.4 is 10.7 Å². The molecular formula is C21H32N2O3. The van der Waals surface area contributed by atoms with E-state index in [1.807, 2.05) is 12.1 Å². The highest BCUT2D eigenvalue weighted by Crippen LogP contribution is 2.21.